The zero-order valence-corrected chi connectivity index (χ0v) is 18.8. The van der Waals surface area contributed by atoms with Gasteiger partial charge in [0.1, 0.15) is 0 Å². The first-order chi connectivity index (χ1) is 14.1. The number of nitrogens with one attached hydrogen (secondary N) is 2. The number of hydrogen-bond acceptors (Lipinski definition) is 4. The SMILES string of the molecule is CCNC(=NCc1ccccc1-n1nc(C)cc1C)NCC1(SC)CCOCC1. The van der Waals surface area contributed by atoms with Crippen molar-refractivity contribution in [2.24, 2.45) is 4.99 Å². The monoisotopic (exact) mass is 415 g/mol. The molecule has 158 valence electrons. The number of aliphatic imine (C=N–C) groups is 1. The van der Waals surface area contributed by atoms with Crippen molar-refractivity contribution in [2.75, 3.05) is 32.6 Å². The van der Waals surface area contributed by atoms with Gasteiger partial charge in [-0.1, -0.05) is 18.2 Å². The summed E-state index contributed by atoms with van der Waals surface area (Å²) in [5.74, 6) is 0.857. The first kappa shape index (κ1) is 21.7. The summed E-state index contributed by atoms with van der Waals surface area (Å²) >= 11 is 1.93. The number of rotatable bonds is 7. The van der Waals surface area contributed by atoms with Crippen LogP contribution in [0.5, 0.6) is 0 Å². The Kier molecular flexibility index (Phi) is 7.61. The van der Waals surface area contributed by atoms with Crippen molar-refractivity contribution in [3.8, 4) is 5.69 Å². The molecule has 0 spiro atoms. The Morgan fingerprint density at radius 1 is 1.24 bits per heavy atom. The smallest absolute Gasteiger partial charge is 0.191 e. The maximum Gasteiger partial charge on any atom is 0.191 e. The number of ether oxygens (including phenoxy) is 1. The minimum absolute atomic E-state index is 0.218. The summed E-state index contributed by atoms with van der Waals surface area (Å²) < 4.78 is 7.78. The Balaban J connectivity index is 1.74. The summed E-state index contributed by atoms with van der Waals surface area (Å²) in [4.78, 5) is 4.87. The maximum atomic E-state index is 5.56. The predicted octanol–water partition coefficient (Wildman–Crippen LogP) is 3.46. The van der Waals surface area contributed by atoms with Gasteiger partial charge in [-0.2, -0.15) is 16.9 Å². The quantitative estimate of drug-likeness (QED) is 0.536. The molecule has 29 heavy (non-hydrogen) atoms. The van der Waals surface area contributed by atoms with Crippen LogP contribution in [0.25, 0.3) is 5.69 Å². The zero-order valence-electron chi connectivity index (χ0n) is 18.0. The van der Waals surface area contributed by atoms with Gasteiger partial charge in [-0.05, 0) is 57.6 Å². The highest BCUT2D eigenvalue weighted by molar-refractivity contribution is 8.00. The molecule has 0 unspecified atom stereocenters. The highest BCUT2D eigenvalue weighted by Gasteiger charge is 2.31. The van der Waals surface area contributed by atoms with Crippen LogP contribution < -0.4 is 10.6 Å². The van der Waals surface area contributed by atoms with Gasteiger partial charge < -0.3 is 15.4 Å². The second-order valence-electron chi connectivity index (χ2n) is 7.52. The molecule has 0 bridgehead atoms. The van der Waals surface area contributed by atoms with E-state index in [1.54, 1.807) is 0 Å². The molecule has 1 aromatic heterocycles. The van der Waals surface area contributed by atoms with Crippen molar-refractivity contribution < 1.29 is 4.74 Å². The number of nitrogens with zero attached hydrogens (tertiary/aromatic N) is 3. The maximum absolute atomic E-state index is 5.56. The number of para-hydroxylation sites is 1. The Morgan fingerprint density at radius 3 is 2.66 bits per heavy atom. The third-order valence-electron chi connectivity index (χ3n) is 5.40. The topological polar surface area (TPSA) is 63.5 Å². The highest BCUT2D eigenvalue weighted by Crippen LogP contribution is 2.32. The number of hydrogen-bond donors (Lipinski definition) is 2. The van der Waals surface area contributed by atoms with Crippen LogP contribution >= 0.6 is 11.8 Å². The first-order valence-corrected chi connectivity index (χ1v) is 11.6. The fourth-order valence-electron chi connectivity index (χ4n) is 3.67. The summed E-state index contributed by atoms with van der Waals surface area (Å²) in [6.45, 7) is 10.2. The summed E-state index contributed by atoms with van der Waals surface area (Å²) in [6, 6.07) is 10.4. The molecule has 6 nitrogen and oxygen atoms in total. The second-order valence-corrected chi connectivity index (χ2v) is 8.79. The molecule has 1 aliphatic heterocycles. The summed E-state index contributed by atoms with van der Waals surface area (Å²) in [5, 5.41) is 11.6. The van der Waals surface area contributed by atoms with E-state index in [1.807, 2.05) is 23.4 Å². The van der Waals surface area contributed by atoms with Gasteiger partial charge in [0.25, 0.3) is 0 Å². The number of aryl methyl sites for hydroxylation is 2. The lowest BCUT2D eigenvalue weighted by atomic mass is 9.99. The van der Waals surface area contributed by atoms with Crippen LogP contribution in [0.4, 0.5) is 0 Å². The molecule has 3 rings (SSSR count). The summed E-state index contributed by atoms with van der Waals surface area (Å²) in [7, 11) is 0. The Hall–Kier alpha value is -1.99. The van der Waals surface area contributed by atoms with Crippen molar-refractivity contribution in [2.45, 2.75) is 44.9 Å². The number of guanidine groups is 1. The van der Waals surface area contributed by atoms with Gasteiger partial charge in [-0.25, -0.2) is 9.67 Å². The van der Waals surface area contributed by atoms with Crippen molar-refractivity contribution >= 4 is 17.7 Å². The molecule has 1 aromatic carbocycles. The normalized spacial score (nSPS) is 16.6. The van der Waals surface area contributed by atoms with E-state index in [1.165, 1.54) is 0 Å². The van der Waals surface area contributed by atoms with E-state index >= 15 is 0 Å². The van der Waals surface area contributed by atoms with Gasteiger partial charge in [0, 0.05) is 36.7 Å². The van der Waals surface area contributed by atoms with Crippen LogP contribution in [0.2, 0.25) is 0 Å². The van der Waals surface area contributed by atoms with E-state index < -0.39 is 0 Å². The molecule has 0 radical (unpaired) electrons. The van der Waals surface area contributed by atoms with Gasteiger partial charge >= 0.3 is 0 Å². The lowest BCUT2D eigenvalue weighted by Crippen LogP contribution is -2.47. The van der Waals surface area contributed by atoms with Crippen LogP contribution in [0.3, 0.4) is 0 Å². The molecule has 0 aliphatic carbocycles. The molecule has 0 saturated carbocycles. The molecular weight excluding hydrogens is 382 g/mol. The van der Waals surface area contributed by atoms with Gasteiger partial charge in [-0.15, -0.1) is 0 Å². The van der Waals surface area contributed by atoms with E-state index in [-0.39, 0.29) is 4.75 Å². The van der Waals surface area contributed by atoms with E-state index in [9.17, 15) is 0 Å². The number of aromatic nitrogens is 2. The molecule has 1 fully saturated rings. The van der Waals surface area contributed by atoms with Crippen LogP contribution in [0, 0.1) is 13.8 Å². The van der Waals surface area contributed by atoms with Gasteiger partial charge in [-0.3, -0.25) is 0 Å². The van der Waals surface area contributed by atoms with Crippen LogP contribution in [0.1, 0.15) is 36.7 Å². The highest BCUT2D eigenvalue weighted by atomic mass is 32.2. The van der Waals surface area contributed by atoms with Gasteiger partial charge in [0.05, 0.1) is 17.9 Å². The second kappa shape index (κ2) is 10.2. The van der Waals surface area contributed by atoms with Gasteiger partial charge in [0.15, 0.2) is 5.96 Å². The number of thioether (sulfide) groups is 1. The van der Waals surface area contributed by atoms with Crippen LogP contribution in [-0.4, -0.2) is 53.0 Å². The van der Waals surface area contributed by atoms with E-state index in [0.29, 0.717) is 6.54 Å². The fourth-order valence-corrected chi connectivity index (χ4v) is 4.46. The minimum Gasteiger partial charge on any atom is -0.381 e. The summed E-state index contributed by atoms with van der Waals surface area (Å²) in [5.41, 5.74) is 4.39. The third kappa shape index (κ3) is 5.54. The Morgan fingerprint density at radius 2 is 2.00 bits per heavy atom. The average Bonchev–Trinajstić information content (AvgIpc) is 3.08. The molecule has 7 heteroatoms. The first-order valence-electron chi connectivity index (χ1n) is 10.3. The van der Waals surface area contributed by atoms with E-state index in [4.69, 9.17) is 9.73 Å². The lowest BCUT2D eigenvalue weighted by molar-refractivity contribution is 0.0783. The molecule has 2 heterocycles. The molecular formula is C22H33N5OS. The predicted molar refractivity (Wildman–Crippen MR) is 122 cm³/mol. The molecule has 2 N–H and O–H groups in total. The minimum atomic E-state index is 0.218. The van der Waals surface area contributed by atoms with Crippen LogP contribution in [0.15, 0.2) is 35.3 Å². The molecule has 2 aromatic rings. The van der Waals surface area contributed by atoms with E-state index in [2.05, 4.69) is 66.2 Å². The van der Waals surface area contributed by atoms with Crippen molar-refractivity contribution in [3.05, 3.63) is 47.3 Å². The summed E-state index contributed by atoms with van der Waals surface area (Å²) in [6.07, 6.45) is 4.34. The Labute approximate surface area is 178 Å². The standard InChI is InChI=1S/C22H33N5OS/c1-5-23-21(25-16-22(29-4)10-12-28-13-11-22)24-15-19-8-6-7-9-20(19)27-18(3)14-17(2)26-27/h6-9,14H,5,10-13,15-16H2,1-4H3,(H2,23,24,25). The lowest BCUT2D eigenvalue weighted by Gasteiger charge is -2.36. The van der Waals surface area contributed by atoms with Crippen molar-refractivity contribution in [1.29, 1.82) is 0 Å². The zero-order chi connectivity index (χ0) is 20.7. The van der Waals surface area contributed by atoms with Crippen LogP contribution in [-0.2, 0) is 11.3 Å². The third-order valence-corrected chi connectivity index (χ3v) is 6.81. The molecule has 1 aliphatic rings. The van der Waals surface area contributed by atoms with Crippen molar-refractivity contribution in [1.82, 2.24) is 20.4 Å². The average molecular weight is 416 g/mol. The molecule has 0 amide bonds. The molecule has 1 saturated heterocycles. The largest absolute Gasteiger partial charge is 0.381 e. The van der Waals surface area contributed by atoms with Crippen molar-refractivity contribution in [3.63, 3.8) is 0 Å². The fraction of sp³-hybridized carbons (Fsp3) is 0.545. The number of benzene rings is 1. The van der Waals surface area contributed by atoms with Gasteiger partial charge in [0.2, 0.25) is 0 Å². The molecule has 0 atom stereocenters. The Bertz CT molecular complexity index is 826. The van der Waals surface area contributed by atoms with E-state index in [0.717, 1.165) is 67.7 Å².